The van der Waals surface area contributed by atoms with Crippen LogP contribution in [0.2, 0.25) is 0 Å². The molecule has 7 nitrogen and oxygen atoms in total. The highest BCUT2D eigenvalue weighted by atomic mass is 32.1. The second-order valence-electron chi connectivity index (χ2n) is 8.03. The lowest BCUT2D eigenvalue weighted by atomic mass is 10.0. The Labute approximate surface area is 180 Å². The highest BCUT2D eigenvalue weighted by Gasteiger charge is 2.35. The molecule has 1 fully saturated rings. The fraction of sp³-hybridized carbons (Fsp3) is 0.545. The number of fused-ring (bicyclic) bond motifs is 1. The molecule has 2 aliphatic rings. The number of carbonyl (C=O) groups is 2. The second-order valence-corrected chi connectivity index (χ2v) is 8.98. The Morgan fingerprint density at radius 1 is 1.30 bits per heavy atom. The van der Waals surface area contributed by atoms with Crippen molar-refractivity contribution in [2.45, 2.75) is 58.5 Å². The van der Waals surface area contributed by atoms with E-state index in [9.17, 15) is 14.4 Å². The van der Waals surface area contributed by atoms with Crippen molar-refractivity contribution in [2.24, 2.45) is 5.92 Å². The van der Waals surface area contributed by atoms with E-state index in [1.165, 1.54) is 11.3 Å². The summed E-state index contributed by atoms with van der Waals surface area (Å²) in [6.45, 7) is 5.61. The largest absolute Gasteiger partial charge is 0.333 e. The van der Waals surface area contributed by atoms with Crippen molar-refractivity contribution < 1.29 is 9.59 Å². The third-order valence-corrected chi connectivity index (χ3v) is 7.15. The fourth-order valence-electron chi connectivity index (χ4n) is 4.52. The Bertz CT molecular complexity index is 981. The van der Waals surface area contributed by atoms with E-state index in [1.807, 2.05) is 30.2 Å². The molecule has 0 aromatic carbocycles. The quantitative estimate of drug-likeness (QED) is 0.793. The van der Waals surface area contributed by atoms with Crippen molar-refractivity contribution >= 4 is 23.2 Å². The van der Waals surface area contributed by atoms with Crippen molar-refractivity contribution in [3.63, 3.8) is 0 Å². The summed E-state index contributed by atoms with van der Waals surface area (Å²) in [4.78, 5) is 50.5. The Kier molecular flexibility index (Phi) is 6.04. The minimum Gasteiger partial charge on any atom is -0.333 e. The summed E-state index contributed by atoms with van der Waals surface area (Å²) >= 11 is 1.41. The summed E-state index contributed by atoms with van der Waals surface area (Å²) in [7, 11) is 0. The van der Waals surface area contributed by atoms with Crippen LogP contribution in [0, 0.1) is 5.92 Å². The molecule has 1 atom stereocenters. The van der Waals surface area contributed by atoms with Gasteiger partial charge in [0.1, 0.15) is 5.82 Å². The van der Waals surface area contributed by atoms with Crippen LogP contribution in [0.15, 0.2) is 22.3 Å². The Morgan fingerprint density at radius 2 is 2.10 bits per heavy atom. The van der Waals surface area contributed by atoms with E-state index in [0.29, 0.717) is 35.8 Å². The van der Waals surface area contributed by atoms with E-state index in [-0.39, 0.29) is 35.9 Å². The maximum Gasteiger partial charge on any atom is 0.264 e. The topological polar surface area (TPSA) is 86.4 Å². The van der Waals surface area contributed by atoms with Crippen LogP contribution >= 0.6 is 11.3 Å². The van der Waals surface area contributed by atoms with Gasteiger partial charge in [-0.05, 0) is 37.1 Å². The Morgan fingerprint density at radius 3 is 2.80 bits per heavy atom. The molecule has 0 radical (unpaired) electrons. The van der Waals surface area contributed by atoms with Crippen LogP contribution in [-0.4, -0.2) is 44.7 Å². The standard InChI is InChI=1S/C22H28N4O3S/c1-3-14(4-2)21(28)26-10-5-7-17(26)19-23-16-9-11-25(13-15(16)20(27)24-19)22(29)18-8-6-12-30-18/h6,8,12,14,17H,3-5,7,9-11,13H2,1-2H3,(H,23,24,27)/t17-/m0/s1. The predicted octanol–water partition coefficient (Wildman–Crippen LogP) is 3.13. The molecule has 2 aromatic rings. The van der Waals surface area contributed by atoms with E-state index < -0.39 is 0 Å². The van der Waals surface area contributed by atoms with Crippen LogP contribution < -0.4 is 5.56 Å². The van der Waals surface area contributed by atoms with Gasteiger partial charge in [0, 0.05) is 25.4 Å². The number of likely N-dealkylation sites (tertiary alicyclic amines) is 1. The highest BCUT2D eigenvalue weighted by molar-refractivity contribution is 7.12. The number of H-pyrrole nitrogens is 1. The summed E-state index contributed by atoms with van der Waals surface area (Å²) in [5.74, 6) is 0.729. The third kappa shape index (κ3) is 3.80. The monoisotopic (exact) mass is 428 g/mol. The first-order valence-corrected chi connectivity index (χ1v) is 11.7. The van der Waals surface area contributed by atoms with Gasteiger partial charge in [-0.3, -0.25) is 14.4 Å². The summed E-state index contributed by atoms with van der Waals surface area (Å²) in [6.07, 6.45) is 3.93. The van der Waals surface area contributed by atoms with Crippen LogP contribution in [-0.2, 0) is 17.8 Å². The molecule has 0 spiro atoms. The first kappa shape index (κ1) is 20.8. The van der Waals surface area contributed by atoms with Crippen molar-refractivity contribution in [1.82, 2.24) is 19.8 Å². The molecule has 0 aliphatic carbocycles. The van der Waals surface area contributed by atoms with Crippen LogP contribution in [0.4, 0.5) is 0 Å². The van der Waals surface area contributed by atoms with Gasteiger partial charge in [0.2, 0.25) is 5.91 Å². The molecule has 0 unspecified atom stereocenters. The number of rotatable bonds is 5. The Hall–Kier alpha value is -2.48. The minimum absolute atomic E-state index is 0.0202. The molecule has 4 rings (SSSR count). The lowest BCUT2D eigenvalue weighted by Gasteiger charge is -2.30. The molecule has 8 heteroatoms. The van der Waals surface area contributed by atoms with E-state index in [2.05, 4.69) is 4.98 Å². The zero-order chi connectivity index (χ0) is 21.3. The molecule has 0 saturated carbocycles. The van der Waals surface area contributed by atoms with Gasteiger partial charge < -0.3 is 14.8 Å². The molecule has 30 heavy (non-hydrogen) atoms. The number of nitrogens with one attached hydrogen (secondary N) is 1. The summed E-state index contributed by atoms with van der Waals surface area (Å²) < 4.78 is 0. The van der Waals surface area contributed by atoms with Gasteiger partial charge in [0.25, 0.3) is 11.5 Å². The number of thiophene rings is 1. The lowest BCUT2D eigenvalue weighted by molar-refractivity contribution is -0.136. The molecule has 0 bridgehead atoms. The average molecular weight is 429 g/mol. The zero-order valence-corrected chi connectivity index (χ0v) is 18.3. The summed E-state index contributed by atoms with van der Waals surface area (Å²) in [5, 5.41) is 1.88. The van der Waals surface area contributed by atoms with Crippen LogP contribution in [0.5, 0.6) is 0 Å². The first-order chi connectivity index (χ1) is 14.5. The number of carbonyl (C=O) groups excluding carboxylic acids is 2. The average Bonchev–Trinajstić information content (AvgIpc) is 3.46. The highest BCUT2D eigenvalue weighted by Crippen LogP contribution is 2.32. The van der Waals surface area contributed by atoms with Crippen LogP contribution in [0.1, 0.15) is 72.3 Å². The molecular formula is C22H28N4O3S. The number of hydrogen-bond donors (Lipinski definition) is 1. The van der Waals surface area contributed by atoms with E-state index in [0.717, 1.165) is 31.4 Å². The molecule has 2 aromatic heterocycles. The van der Waals surface area contributed by atoms with Crippen molar-refractivity contribution in [2.75, 3.05) is 13.1 Å². The van der Waals surface area contributed by atoms with E-state index in [1.54, 1.807) is 11.0 Å². The van der Waals surface area contributed by atoms with E-state index in [4.69, 9.17) is 4.98 Å². The molecule has 4 heterocycles. The molecule has 2 aliphatic heterocycles. The number of nitrogens with zero attached hydrogens (tertiary/aromatic N) is 3. The molecule has 2 amide bonds. The molecule has 160 valence electrons. The lowest BCUT2D eigenvalue weighted by Crippen LogP contribution is -2.41. The third-order valence-electron chi connectivity index (χ3n) is 6.29. The van der Waals surface area contributed by atoms with Crippen molar-refractivity contribution in [1.29, 1.82) is 0 Å². The number of aromatic amines is 1. The van der Waals surface area contributed by atoms with Crippen molar-refractivity contribution in [3.8, 4) is 0 Å². The fourth-order valence-corrected chi connectivity index (χ4v) is 5.21. The van der Waals surface area contributed by atoms with Crippen molar-refractivity contribution in [3.05, 3.63) is 49.8 Å². The predicted molar refractivity (Wildman–Crippen MR) is 115 cm³/mol. The minimum atomic E-state index is -0.194. The van der Waals surface area contributed by atoms with E-state index >= 15 is 0 Å². The van der Waals surface area contributed by atoms with Gasteiger partial charge in [0.05, 0.1) is 28.7 Å². The Balaban J connectivity index is 1.57. The van der Waals surface area contributed by atoms with Gasteiger partial charge in [0.15, 0.2) is 0 Å². The maximum atomic E-state index is 13.0. The zero-order valence-electron chi connectivity index (χ0n) is 17.5. The van der Waals surface area contributed by atoms with Gasteiger partial charge >= 0.3 is 0 Å². The molecule has 1 N–H and O–H groups in total. The van der Waals surface area contributed by atoms with Gasteiger partial charge in [-0.1, -0.05) is 19.9 Å². The molecular weight excluding hydrogens is 400 g/mol. The smallest absolute Gasteiger partial charge is 0.264 e. The maximum absolute atomic E-state index is 13.0. The SMILES string of the molecule is CCC(CC)C(=O)N1CCC[C@H]1c1nc2c(c(=O)[nH]1)CN(C(=O)c1cccs1)CC2. The number of hydrogen-bond acceptors (Lipinski definition) is 5. The number of amides is 2. The summed E-state index contributed by atoms with van der Waals surface area (Å²) in [5.41, 5.74) is 1.12. The summed E-state index contributed by atoms with van der Waals surface area (Å²) in [6, 6.07) is 3.49. The van der Waals surface area contributed by atoms with Crippen LogP contribution in [0.3, 0.4) is 0 Å². The second kappa shape index (κ2) is 8.71. The molecule has 1 saturated heterocycles. The normalized spacial score (nSPS) is 18.7. The van der Waals surface area contributed by atoms with Gasteiger partial charge in [-0.15, -0.1) is 11.3 Å². The first-order valence-electron chi connectivity index (χ1n) is 10.8. The number of aromatic nitrogens is 2. The van der Waals surface area contributed by atoms with Gasteiger partial charge in [-0.25, -0.2) is 4.98 Å². The van der Waals surface area contributed by atoms with Crippen LogP contribution in [0.25, 0.3) is 0 Å². The van der Waals surface area contributed by atoms with Gasteiger partial charge in [-0.2, -0.15) is 0 Å².